The SMILES string of the molecule is CO[C@@H]1COCN(C(C)(C)C)[C@@H]1c1ccc(C)cc1. The normalized spacial score (nSPS) is 25.5. The zero-order valence-electron chi connectivity index (χ0n) is 12.6. The molecule has 0 saturated carbocycles. The number of aryl methyl sites for hydroxylation is 1. The Morgan fingerprint density at radius 3 is 2.37 bits per heavy atom. The van der Waals surface area contributed by atoms with Crippen molar-refractivity contribution in [1.82, 2.24) is 4.90 Å². The third-order valence-electron chi connectivity index (χ3n) is 3.78. The first-order valence-electron chi connectivity index (χ1n) is 6.87. The van der Waals surface area contributed by atoms with E-state index in [1.807, 2.05) is 0 Å². The first-order chi connectivity index (χ1) is 8.93. The Hall–Kier alpha value is -0.900. The van der Waals surface area contributed by atoms with Gasteiger partial charge in [0.15, 0.2) is 0 Å². The van der Waals surface area contributed by atoms with Crippen molar-refractivity contribution in [3.8, 4) is 0 Å². The molecule has 0 radical (unpaired) electrons. The van der Waals surface area contributed by atoms with Gasteiger partial charge in [0.05, 0.1) is 12.6 Å². The summed E-state index contributed by atoms with van der Waals surface area (Å²) in [5, 5.41) is 0. The van der Waals surface area contributed by atoms with Gasteiger partial charge in [0.1, 0.15) is 12.8 Å². The van der Waals surface area contributed by atoms with Crippen LogP contribution < -0.4 is 0 Å². The van der Waals surface area contributed by atoms with Gasteiger partial charge in [-0.2, -0.15) is 0 Å². The predicted molar refractivity (Wildman–Crippen MR) is 77.1 cm³/mol. The van der Waals surface area contributed by atoms with E-state index in [0.717, 1.165) is 0 Å². The van der Waals surface area contributed by atoms with E-state index < -0.39 is 0 Å². The Bertz CT molecular complexity index is 408. The molecule has 19 heavy (non-hydrogen) atoms. The highest BCUT2D eigenvalue weighted by atomic mass is 16.5. The van der Waals surface area contributed by atoms with Crippen LogP contribution in [0, 0.1) is 6.92 Å². The smallest absolute Gasteiger partial charge is 0.100 e. The lowest BCUT2D eigenvalue weighted by molar-refractivity contribution is -0.160. The zero-order valence-corrected chi connectivity index (χ0v) is 12.6. The van der Waals surface area contributed by atoms with Gasteiger partial charge in [-0.15, -0.1) is 0 Å². The van der Waals surface area contributed by atoms with Crippen molar-refractivity contribution in [3.05, 3.63) is 35.4 Å². The fourth-order valence-electron chi connectivity index (χ4n) is 2.61. The maximum Gasteiger partial charge on any atom is 0.100 e. The molecule has 1 aliphatic heterocycles. The average molecular weight is 263 g/mol. The second-order valence-corrected chi connectivity index (χ2v) is 6.27. The Morgan fingerprint density at radius 2 is 1.84 bits per heavy atom. The van der Waals surface area contributed by atoms with Crippen LogP contribution in [-0.2, 0) is 9.47 Å². The van der Waals surface area contributed by atoms with Gasteiger partial charge in [0, 0.05) is 12.6 Å². The average Bonchev–Trinajstić information content (AvgIpc) is 2.38. The second kappa shape index (κ2) is 5.61. The molecule has 2 atom stereocenters. The summed E-state index contributed by atoms with van der Waals surface area (Å²) < 4.78 is 11.3. The van der Waals surface area contributed by atoms with Crippen LogP contribution in [-0.4, -0.2) is 37.0 Å². The summed E-state index contributed by atoms with van der Waals surface area (Å²) in [4.78, 5) is 2.37. The van der Waals surface area contributed by atoms with Crippen LogP contribution in [0.1, 0.15) is 37.9 Å². The third kappa shape index (κ3) is 3.16. The summed E-state index contributed by atoms with van der Waals surface area (Å²) in [6, 6.07) is 8.99. The topological polar surface area (TPSA) is 21.7 Å². The molecule has 0 N–H and O–H groups in total. The van der Waals surface area contributed by atoms with E-state index in [4.69, 9.17) is 9.47 Å². The number of ether oxygens (including phenoxy) is 2. The lowest BCUT2D eigenvalue weighted by atomic mass is 9.93. The van der Waals surface area contributed by atoms with E-state index in [2.05, 4.69) is 56.9 Å². The first kappa shape index (κ1) is 14.5. The van der Waals surface area contributed by atoms with Crippen molar-refractivity contribution in [2.24, 2.45) is 0 Å². The molecule has 0 unspecified atom stereocenters. The van der Waals surface area contributed by atoms with Gasteiger partial charge < -0.3 is 9.47 Å². The van der Waals surface area contributed by atoms with Gasteiger partial charge in [-0.1, -0.05) is 29.8 Å². The number of hydrogen-bond donors (Lipinski definition) is 0. The van der Waals surface area contributed by atoms with Crippen molar-refractivity contribution in [2.45, 2.75) is 45.4 Å². The minimum Gasteiger partial charge on any atom is -0.377 e. The molecule has 0 bridgehead atoms. The second-order valence-electron chi connectivity index (χ2n) is 6.27. The molecule has 1 aromatic carbocycles. The van der Waals surface area contributed by atoms with E-state index >= 15 is 0 Å². The minimum atomic E-state index is 0.0484. The molecule has 0 spiro atoms. The Balaban J connectivity index is 2.35. The molecule has 0 aromatic heterocycles. The molecular formula is C16H25NO2. The predicted octanol–water partition coefficient (Wildman–Crippen LogP) is 3.14. The fourth-order valence-corrected chi connectivity index (χ4v) is 2.61. The summed E-state index contributed by atoms with van der Waals surface area (Å²) in [7, 11) is 1.77. The lowest BCUT2D eigenvalue weighted by Crippen LogP contribution is -2.53. The molecule has 1 aliphatic rings. The van der Waals surface area contributed by atoms with Gasteiger partial charge in [-0.05, 0) is 33.3 Å². The molecular weight excluding hydrogens is 238 g/mol. The molecule has 106 valence electrons. The van der Waals surface area contributed by atoms with E-state index in [0.29, 0.717) is 13.3 Å². The number of methoxy groups -OCH3 is 1. The highest BCUT2D eigenvalue weighted by molar-refractivity contribution is 5.26. The van der Waals surface area contributed by atoms with Gasteiger partial charge in [-0.25, -0.2) is 0 Å². The van der Waals surface area contributed by atoms with Crippen LogP contribution in [0.15, 0.2) is 24.3 Å². The summed E-state index contributed by atoms with van der Waals surface area (Å²) >= 11 is 0. The zero-order chi connectivity index (χ0) is 14.0. The number of nitrogens with zero attached hydrogens (tertiary/aromatic N) is 1. The van der Waals surface area contributed by atoms with Crippen LogP contribution in [0.25, 0.3) is 0 Å². The van der Waals surface area contributed by atoms with Crippen molar-refractivity contribution in [2.75, 3.05) is 20.4 Å². The van der Waals surface area contributed by atoms with Crippen molar-refractivity contribution in [1.29, 1.82) is 0 Å². The minimum absolute atomic E-state index is 0.0484. The van der Waals surface area contributed by atoms with Crippen LogP contribution >= 0.6 is 0 Å². The number of hydrogen-bond acceptors (Lipinski definition) is 3. The standard InChI is InChI=1S/C16H25NO2/c1-12-6-8-13(9-7-12)15-14(18-5)10-19-11-17(15)16(2,3)4/h6-9,14-15H,10-11H2,1-5H3/t14-,15-/m1/s1. The first-order valence-corrected chi connectivity index (χ1v) is 6.87. The lowest BCUT2D eigenvalue weighted by Gasteiger charge is -2.47. The molecule has 3 nitrogen and oxygen atoms in total. The maximum absolute atomic E-state index is 5.69. The third-order valence-corrected chi connectivity index (χ3v) is 3.78. The Kier molecular flexibility index (Phi) is 4.29. The summed E-state index contributed by atoms with van der Waals surface area (Å²) in [6.07, 6.45) is 0.0793. The van der Waals surface area contributed by atoms with E-state index in [-0.39, 0.29) is 17.7 Å². The van der Waals surface area contributed by atoms with Crippen molar-refractivity contribution in [3.63, 3.8) is 0 Å². The van der Waals surface area contributed by atoms with Crippen molar-refractivity contribution >= 4 is 0 Å². The number of benzene rings is 1. The van der Waals surface area contributed by atoms with E-state index in [1.54, 1.807) is 7.11 Å². The molecule has 2 rings (SSSR count). The molecule has 1 aromatic rings. The van der Waals surface area contributed by atoms with Gasteiger partial charge in [-0.3, -0.25) is 4.90 Å². The van der Waals surface area contributed by atoms with Gasteiger partial charge >= 0.3 is 0 Å². The monoisotopic (exact) mass is 263 g/mol. The van der Waals surface area contributed by atoms with E-state index in [9.17, 15) is 0 Å². The largest absolute Gasteiger partial charge is 0.377 e. The summed E-state index contributed by atoms with van der Waals surface area (Å²) in [5.74, 6) is 0. The van der Waals surface area contributed by atoms with Crippen molar-refractivity contribution < 1.29 is 9.47 Å². The quantitative estimate of drug-likeness (QED) is 0.818. The van der Waals surface area contributed by atoms with E-state index in [1.165, 1.54) is 11.1 Å². The van der Waals surface area contributed by atoms with Gasteiger partial charge in [0.2, 0.25) is 0 Å². The van der Waals surface area contributed by atoms with Crippen LogP contribution in [0.5, 0.6) is 0 Å². The molecule has 1 heterocycles. The number of rotatable bonds is 2. The highest BCUT2D eigenvalue weighted by Crippen LogP contribution is 2.35. The van der Waals surface area contributed by atoms with Crippen LogP contribution in [0.4, 0.5) is 0 Å². The Labute approximate surface area is 116 Å². The van der Waals surface area contributed by atoms with Crippen LogP contribution in [0.2, 0.25) is 0 Å². The Morgan fingerprint density at radius 1 is 1.21 bits per heavy atom. The maximum atomic E-state index is 5.69. The summed E-state index contributed by atoms with van der Waals surface area (Å²) in [6.45, 7) is 10.1. The molecule has 1 saturated heterocycles. The molecule has 3 heteroatoms. The molecule has 0 aliphatic carbocycles. The van der Waals surface area contributed by atoms with Crippen LogP contribution in [0.3, 0.4) is 0 Å². The molecule has 0 amide bonds. The molecule has 1 fully saturated rings. The fraction of sp³-hybridized carbons (Fsp3) is 0.625. The summed E-state index contributed by atoms with van der Waals surface area (Å²) in [5.41, 5.74) is 2.63. The van der Waals surface area contributed by atoms with Gasteiger partial charge in [0.25, 0.3) is 0 Å². The highest BCUT2D eigenvalue weighted by Gasteiger charge is 2.38.